The molecule has 0 aliphatic carbocycles. The van der Waals surface area contributed by atoms with Crippen LogP contribution in [0.25, 0.3) is 0 Å². The number of carbonyl (C=O) groups is 1. The summed E-state index contributed by atoms with van der Waals surface area (Å²) < 4.78 is 46.2. The molecule has 3 aromatic rings. The molecule has 162 valence electrons. The monoisotopic (exact) mass is 442 g/mol. The molecule has 3 aromatic carbocycles. The number of rotatable bonds is 9. The zero-order chi connectivity index (χ0) is 22.3. The van der Waals surface area contributed by atoms with E-state index in [1.54, 1.807) is 42.5 Å². The number of nitrogens with one attached hydrogen (secondary N) is 2. The van der Waals surface area contributed by atoms with Gasteiger partial charge in [0.25, 0.3) is 15.9 Å². The molecule has 0 saturated heterocycles. The number of sulfonamides is 1. The van der Waals surface area contributed by atoms with Crippen molar-refractivity contribution in [3.63, 3.8) is 0 Å². The van der Waals surface area contributed by atoms with E-state index < -0.39 is 10.0 Å². The lowest BCUT2D eigenvalue weighted by molar-refractivity contribution is 0.0954. The molecular weight excluding hydrogens is 419 g/mol. The Bertz CT molecular complexity index is 1130. The number of ether oxygens (including phenoxy) is 1. The fourth-order valence-corrected chi connectivity index (χ4v) is 3.98. The van der Waals surface area contributed by atoms with Crippen molar-refractivity contribution in [2.24, 2.45) is 0 Å². The Kier molecular flexibility index (Phi) is 7.25. The lowest BCUT2D eigenvalue weighted by atomic mass is 10.1. The van der Waals surface area contributed by atoms with Gasteiger partial charge in [-0.2, -0.15) is 0 Å². The first-order valence-electron chi connectivity index (χ1n) is 9.76. The number of amides is 1. The number of carbonyl (C=O) groups excluding carboxylic acids is 1. The summed E-state index contributed by atoms with van der Waals surface area (Å²) in [6, 6.07) is 18.4. The molecule has 31 heavy (non-hydrogen) atoms. The third-order valence-corrected chi connectivity index (χ3v) is 5.82. The predicted molar refractivity (Wildman–Crippen MR) is 117 cm³/mol. The number of anilines is 1. The van der Waals surface area contributed by atoms with E-state index in [9.17, 15) is 17.6 Å². The Morgan fingerprint density at radius 1 is 1.00 bits per heavy atom. The molecule has 6 nitrogen and oxygen atoms in total. The number of hydrogen-bond donors (Lipinski definition) is 2. The Hall–Kier alpha value is -3.39. The summed E-state index contributed by atoms with van der Waals surface area (Å²) in [7, 11) is -3.87. The normalized spacial score (nSPS) is 11.0. The van der Waals surface area contributed by atoms with E-state index in [1.807, 2.05) is 6.92 Å². The lowest BCUT2D eigenvalue weighted by Crippen LogP contribution is -2.26. The van der Waals surface area contributed by atoms with Crippen LogP contribution in [0.15, 0.2) is 77.7 Å². The maximum atomic E-state index is 12.9. The minimum atomic E-state index is -3.87. The fraction of sp³-hybridized carbons (Fsp3) is 0.174. The van der Waals surface area contributed by atoms with E-state index in [0.29, 0.717) is 31.0 Å². The third kappa shape index (κ3) is 6.29. The Morgan fingerprint density at radius 3 is 2.39 bits per heavy atom. The maximum absolute atomic E-state index is 12.9. The van der Waals surface area contributed by atoms with Crippen LogP contribution in [0.3, 0.4) is 0 Å². The molecule has 0 spiro atoms. The average Bonchev–Trinajstić information content (AvgIpc) is 2.76. The van der Waals surface area contributed by atoms with Crippen molar-refractivity contribution in [1.29, 1.82) is 0 Å². The quantitative estimate of drug-likeness (QED) is 0.525. The Morgan fingerprint density at radius 2 is 1.71 bits per heavy atom. The second-order valence-corrected chi connectivity index (χ2v) is 8.41. The number of benzene rings is 3. The van der Waals surface area contributed by atoms with Gasteiger partial charge in [0.05, 0.1) is 11.5 Å². The van der Waals surface area contributed by atoms with Crippen molar-refractivity contribution in [2.45, 2.75) is 18.2 Å². The molecule has 0 aliphatic heterocycles. The first-order chi connectivity index (χ1) is 14.9. The van der Waals surface area contributed by atoms with Gasteiger partial charge in [-0.15, -0.1) is 0 Å². The molecule has 1 amide bonds. The van der Waals surface area contributed by atoms with E-state index in [2.05, 4.69) is 10.0 Å². The number of halogens is 1. The second-order valence-electron chi connectivity index (χ2n) is 6.72. The minimum absolute atomic E-state index is 0.0208. The summed E-state index contributed by atoms with van der Waals surface area (Å²) in [4.78, 5) is 12.4. The molecule has 0 bridgehead atoms. The van der Waals surface area contributed by atoms with Crippen LogP contribution < -0.4 is 14.8 Å². The summed E-state index contributed by atoms with van der Waals surface area (Å²) in [5, 5.41) is 2.75. The van der Waals surface area contributed by atoms with Crippen LogP contribution in [0, 0.1) is 5.82 Å². The topological polar surface area (TPSA) is 84.5 Å². The summed E-state index contributed by atoms with van der Waals surface area (Å²) in [6.45, 7) is 2.72. The van der Waals surface area contributed by atoms with Crippen LogP contribution in [0.5, 0.6) is 5.75 Å². The molecule has 2 N–H and O–H groups in total. The summed E-state index contributed by atoms with van der Waals surface area (Å²) >= 11 is 0. The van der Waals surface area contributed by atoms with Crippen LogP contribution in [-0.2, 0) is 16.4 Å². The van der Waals surface area contributed by atoms with Crippen LogP contribution in [0.1, 0.15) is 22.8 Å². The fourth-order valence-electron chi connectivity index (χ4n) is 2.88. The average molecular weight is 443 g/mol. The molecular formula is C23H23FN2O4S. The molecule has 3 rings (SSSR count). The van der Waals surface area contributed by atoms with Gasteiger partial charge in [-0.3, -0.25) is 9.52 Å². The van der Waals surface area contributed by atoms with E-state index in [0.717, 1.165) is 5.56 Å². The van der Waals surface area contributed by atoms with Crippen molar-refractivity contribution in [2.75, 3.05) is 17.9 Å². The first kappa shape index (κ1) is 22.3. The largest absolute Gasteiger partial charge is 0.494 e. The molecule has 8 heteroatoms. The highest BCUT2D eigenvalue weighted by molar-refractivity contribution is 7.92. The SMILES string of the molecule is CCOc1ccc(NS(=O)(=O)c2cccc(C(=O)NCCc3ccc(F)cc3)c2)cc1. The smallest absolute Gasteiger partial charge is 0.261 e. The lowest BCUT2D eigenvalue weighted by Gasteiger charge is -2.11. The Labute approximate surface area is 181 Å². The van der Waals surface area contributed by atoms with E-state index in [4.69, 9.17) is 4.74 Å². The zero-order valence-corrected chi connectivity index (χ0v) is 17.8. The molecule has 0 heterocycles. The highest BCUT2D eigenvalue weighted by Gasteiger charge is 2.16. The van der Waals surface area contributed by atoms with Gasteiger partial charge in [0, 0.05) is 17.8 Å². The van der Waals surface area contributed by atoms with Crippen molar-refractivity contribution in [3.05, 3.63) is 89.7 Å². The van der Waals surface area contributed by atoms with Crippen LogP contribution in [0.2, 0.25) is 0 Å². The van der Waals surface area contributed by atoms with Crippen LogP contribution >= 0.6 is 0 Å². The number of hydrogen-bond acceptors (Lipinski definition) is 4. The first-order valence-corrected chi connectivity index (χ1v) is 11.2. The van der Waals surface area contributed by atoms with Crippen molar-refractivity contribution >= 4 is 21.6 Å². The minimum Gasteiger partial charge on any atom is -0.494 e. The molecule has 0 unspecified atom stereocenters. The van der Waals surface area contributed by atoms with Gasteiger partial charge in [0.1, 0.15) is 11.6 Å². The molecule has 0 fully saturated rings. The van der Waals surface area contributed by atoms with E-state index in [1.165, 1.54) is 30.3 Å². The highest BCUT2D eigenvalue weighted by atomic mass is 32.2. The Balaban J connectivity index is 1.63. The second kappa shape index (κ2) is 10.1. The third-order valence-electron chi connectivity index (χ3n) is 4.44. The highest BCUT2D eigenvalue weighted by Crippen LogP contribution is 2.20. The van der Waals surface area contributed by atoms with Gasteiger partial charge >= 0.3 is 0 Å². The van der Waals surface area contributed by atoms with Gasteiger partial charge in [0.15, 0.2) is 0 Å². The van der Waals surface area contributed by atoms with E-state index in [-0.39, 0.29) is 22.2 Å². The molecule has 0 atom stereocenters. The van der Waals surface area contributed by atoms with Crippen LogP contribution in [0.4, 0.5) is 10.1 Å². The summed E-state index contributed by atoms with van der Waals surface area (Å²) in [5.74, 6) is -0.0605. The van der Waals surface area contributed by atoms with Gasteiger partial charge in [-0.05, 0) is 73.5 Å². The molecule has 0 saturated carbocycles. The molecule has 0 aromatic heterocycles. The summed E-state index contributed by atoms with van der Waals surface area (Å²) in [5.41, 5.74) is 1.50. The predicted octanol–water partition coefficient (Wildman–Crippen LogP) is 4.00. The van der Waals surface area contributed by atoms with Gasteiger partial charge in [-0.1, -0.05) is 18.2 Å². The molecule has 0 radical (unpaired) electrons. The zero-order valence-electron chi connectivity index (χ0n) is 17.0. The van der Waals surface area contributed by atoms with Crippen molar-refractivity contribution in [3.8, 4) is 5.75 Å². The maximum Gasteiger partial charge on any atom is 0.261 e. The van der Waals surface area contributed by atoms with Crippen LogP contribution in [-0.4, -0.2) is 27.5 Å². The van der Waals surface area contributed by atoms with Crippen molar-refractivity contribution in [1.82, 2.24) is 5.32 Å². The van der Waals surface area contributed by atoms with Gasteiger partial charge in [0.2, 0.25) is 0 Å². The van der Waals surface area contributed by atoms with E-state index >= 15 is 0 Å². The standard InChI is InChI=1S/C23H23FN2O4S/c1-2-30-21-12-10-20(11-13-21)26-31(28,29)22-5-3-4-18(16-22)23(27)25-15-14-17-6-8-19(24)9-7-17/h3-13,16,26H,2,14-15H2,1H3,(H,25,27). The van der Waals surface area contributed by atoms with Gasteiger partial charge < -0.3 is 10.1 Å². The van der Waals surface area contributed by atoms with Crippen molar-refractivity contribution < 1.29 is 22.3 Å². The molecule has 0 aliphatic rings. The summed E-state index contributed by atoms with van der Waals surface area (Å²) in [6.07, 6.45) is 0.531. The van der Waals surface area contributed by atoms with Gasteiger partial charge in [-0.25, -0.2) is 12.8 Å².